The van der Waals surface area contributed by atoms with E-state index in [9.17, 15) is 19.5 Å². The van der Waals surface area contributed by atoms with Gasteiger partial charge in [0.25, 0.3) is 0 Å². The van der Waals surface area contributed by atoms with Crippen molar-refractivity contribution in [3.63, 3.8) is 0 Å². The maximum Gasteiger partial charge on any atom is 0.335 e. The Bertz CT molecular complexity index is 1600. The summed E-state index contributed by atoms with van der Waals surface area (Å²) in [6, 6.07) is 18.6. The van der Waals surface area contributed by atoms with Gasteiger partial charge in [0.2, 0.25) is 11.5 Å². The number of carbonyl (C=O) groups is 1. The predicted octanol–water partition coefficient (Wildman–Crippen LogP) is 3.50. The van der Waals surface area contributed by atoms with Crippen molar-refractivity contribution in [2.24, 2.45) is 10.9 Å². The van der Waals surface area contributed by atoms with Crippen molar-refractivity contribution in [3.8, 4) is 11.6 Å². The molecule has 37 heavy (non-hydrogen) atoms. The Kier molecular flexibility index (Phi) is 6.74. The fraction of sp³-hybridized carbons (Fsp3) is 0.192. The molecule has 0 bridgehead atoms. The summed E-state index contributed by atoms with van der Waals surface area (Å²) in [4.78, 5) is 49.0. The average molecular weight is 520 g/mol. The van der Waals surface area contributed by atoms with Crippen LogP contribution in [0.3, 0.4) is 0 Å². The number of hydrogen-bond donors (Lipinski definition) is 2. The lowest BCUT2D eigenvalue weighted by atomic mass is 9.80. The number of nitrogens with one attached hydrogen (secondary N) is 1. The lowest BCUT2D eigenvalue weighted by Gasteiger charge is -2.33. The lowest BCUT2D eigenvalue weighted by molar-refractivity contribution is -0.146. The Hall–Kier alpha value is -4.44. The van der Waals surface area contributed by atoms with Crippen molar-refractivity contribution in [1.82, 2.24) is 19.1 Å². The molecule has 0 saturated heterocycles. The van der Waals surface area contributed by atoms with Gasteiger partial charge in [0, 0.05) is 23.3 Å². The highest BCUT2D eigenvalue weighted by Gasteiger charge is 2.37. The van der Waals surface area contributed by atoms with E-state index in [2.05, 4.69) is 15.0 Å². The first kappa shape index (κ1) is 24.3. The van der Waals surface area contributed by atoms with E-state index < -0.39 is 29.3 Å². The van der Waals surface area contributed by atoms with Crippen LogP contribution in [-0.2, 0) is 11.3 Å². The van der Waals surface area contributed by atoms with E-state index in [1.165, 1.54) is 4.57 Å². The summed E-state index contributed by atoms with van der Waals surface area (Å²) in [5, 5.41) is 9.76. The van der Waals surface area contributed by atoms with Gasteiger partial charge >= 0.3 is 17.3 Å². The van der Waals surface area contributed by atoms with Crippen LogP contribution in [-0.4, -0.2) is 30.2 Å². The molecule has 0 unspecified atom stereocenters. The number of carboxylic acids is 1. The van der Waals surface area contributed by atoms with E-state index in [-0.39, 0.29) is 25.0 Å². The normalized spacial score (nSPS) is 17.3. The second-order valence-electron chi connectivity index (χ2n) is 8.66. The summed E-state index contributed by atoms with van der Waals surface area (Å²) in [5.41, 5.74) is 0.119. The van der Waals surface area contributed by atoms with Crippen LogP contribution in [0.2, 0.25) is 5.02 Å². The fourth-order valence-corrected chi connectivity index (χ4v) is 4.22. The second kappa shape index (κ2) is 10.3. The zero-order chi connectivity index (χ0) is 25.9. The van der Waals surface area contributed by atoms with Crippen LogP contribution < -0.4 is 21.7 Å². The first-order valence-corrected chi connectivity index (χ1v) is 11.9. The van der Waals surface area contributed by atoms with E-state index in [1.807, 2.05) is 6.07 Å². The van der Waals surface area contributed by atoms with Crippen LogP contribution in [0.4, 0.5) is 5.69 Å². The molecule has 2 N–H and O–H groups in total. The van der Waals surface area contributed by atoms with Gasteiger partial charge in [-0.15, -0.1) is 0 Å². The molecule has 2 heterocycles. The third-order valence-corrected chi connectivity index (χ3v) is 6.40. The highest BCUT2D eigenvalue weighted by atomic mass is 35.5. The molecule has 0 radical (unpaired) electrons. The van der Waals surface area contributed by atoms with Gasteiger partial charge in [-0.05, 0) is 60.9 Å². The van der Waals surface area contributed by atoms with E-state index in [1.54, 1.807) is 66.9 Å². The molecular formula is C26H22ClN5O5. The molecule has 11 heteroatoms. The van der Waals surface area contributed by atoms with Gasteiger partial charge in [0.1, 0.15) is 5.75 Å². The number of halogens is 1. The third-order valence-electron chi connectivity index (χ3n) is 6.14. The standard InChI is InChI=1S/C26H22ClN5O5/c27-18-6-4-16(5-7-18)15-31-24(30-25(35)32(26(31)36)20-13-17(14-20)23(33)34)29-19-8-10-21(11-9-19)37-22-3-1-2-12-28-22/h1-12,17,20H,13-15H2,(H,33,34)(H,29,30,35)/t17-,20+. The number of aromatic amines is 1. The van der Waals surface area contributed by atoms with Crippen molar-refractivity contribution in [1.29, 1.82) is 0 Å². The van der Waals surface area contributed by atoms with E-state index >= 15 is 0 Å². The highest BCUT2D eigenvalue weighted by molar-refractivity contribution is 6.30. The second-order valence-corrected chi connectivity index (χ2v) is 9.09. The monoisotopic (exact) mass is 519 g/mol. The van der Waals surface area contributed by atoms with Crippen LogP contribution in [0.5, 0.6) is 11.6 Å². The lowest BCUT2D eigenvalue weighted by Crippen LogP contribution is -2.53. The molecule has 5 rings (SSSR count). The molecule has 1 aliphatic carbocycles. The van der Waals surface area contributed by atoms with Crippen LogP contribution in [0.1, 0.15) is 24.4 Å². The molecule has 0 atom stereocenters. The summed E-state index contributed by atoms with van der Waals surface area (Å²) in [5.74, 6) is -0.510. The van der Waals surface area contributed by atoms with Gasteiger partial charge in [-0.2, -0.15) is 0 Å². The van der Waals surface area contributed by atoms with Gasteiger partial charge < -0.3 is 9.84 Å². The number of benzene rings is 2. The van der Waals surface area contributed by atoms with E-state index in [0.29, 0.717) is 22.3 Å². The van der Waals surface area contributed by atoms with Gasteiger partial charge in [0.15, 0.2) is 0 Å². The summed E-state index contributed by atoms with van der Waals surface area (Å²) in [6.07, 6.45) is 2.06. The zero-order valence-corrected chi connectivity index (χ0v) is 20.2. The van der Waals surface area contributed by atoms with Gasteiger partial charge in [-0.3, -0.25) is 14.3 Å². The molecular weight excluding hydrogens is 498 g/mol. The van der Waals surface area contributed by atoms with Crippen molar-refractivity contribution in [3.05, 3.63) is 110 Å². The number of nitrogens with zero attached hydrogens (tertiary/aromatic N) is 4. The minimum atomic E-state index is -0.933. The smallest absolute Gasteiger partial charge is 0.335 e. The van der Waals surface area contributed by atoms with Crippen LogP contribution in [0.15, 0.2) is 87.5 Å². The Labute approximate surface area is 215 Å². The van der Waals surface area contributed by atoms with E-state index in [4.69, 9.17) is 16.3 Å². The molecule has 0 aliphatic heterocycles. The van der Waals surface area contributed by atoms with Crippen molar-refractivity contribution >= 4 is 23.3 Å². The summed E-state index contributed by atoms with van der Waals surface area (Å²) in [7, 11) is 0. The molecule has 0 spiro atoms. The van der Waals surface area contributed by atoms with Crippen LogP contribution in [0, 0.1) is 5.92 Å². The minimum Gasteiger partial charge on any atom is -0.481 e. The zero-order valence-electron chi connectivity index (χ0n) is 19.5. The summed E-state index contributed by atoms with van der Waals surface area (Å²) < 4.78 is 8.14. The quantitative estimate of drug-likeness (QED) is 0.384. The highest BCUT2D eigenvalue weighted by Crippen LogP contribution is 2.36. The number of aliphatic carboxylic acids is 1. The number of pyridine rings is 1. The maximum atomic E-state index is 13.5. The summed E-state index contributed by atoms with van der Waals surface area (Å²) >= 11 is 6.00. The third kappa shape index (κ3) is 5.39. The number of hydrogen-bond acceptors (Lipinski definition) is 6. The Balaban J connectivity index is 1.52. The van der Waals surface area contributed by atoms with Gasteiger partial charge in [-0.1, -0.05) is 29.8 Å². The Morgan fingerprint density at radius 1 is 1.08 bits per heavy atom. The molecule has 188 valence electrons. The fourth-order valence-electron chi connectivity index (χ4n) is 4.10. The Morgan fingerprint density at radius 3 is 2.46 bits per heavy atom. The van der Waals surface area contributed by atoms with Crippen molar-refractivity contribution < 1.29 is 14.6 Å². The van der Waals surface area contributed by atoms with Crippen LogP contribution >= 0.6 is 11.6 Å². The molecule has 4 aromatic rings. The SMILES string of the molecule is O=c1[nH]/c(=N\c2ccc(Oc3ccccn3)cc2)n(Cc2ccc(Cl)cc2)c(=O)n1[C@H]1C[C@@H](C(=O)O)C1. The molecule has 1 fully saturated rings. The summed E-state index contributed by atoms with van der Waals surface area (Å²) in [6.45, 7) is 0.127. The number of aromatic nitrogens is 4. The molecule has 1 aliphatic rings. The van der Waals surface area contributed by atoms with Gasteiger partial charge in [-0.25, -0.2) is 24.1 Å². The maximum absolute atomic E-state index is 13.5. The molecule has 1 saturated carbocycles. The first-order valence-electron chi connectivity index (χ1n) is 11.5. The number of rotatable bonds is 7. The first-order chi connectivity index (χ1) is 17.9. The Morgan fingerprint density at radius 2 is 1.81 bits per heavy atom. The predicted molar refractivity (Wildman–Crippen MR) is 135 cm³/mol. The van der Waals surface area contributed by atoms with E-state index in [0.717, 1.165) is 10.1 Å². The number of carboxylic acid groups (broad SMARTS) is 1. The average Bonchev–Trinajstić information content (AvgIpc) is 2.85. The number of H-pyrrole nitrogens is 1. The van der Waals surface area contributed by atoms with Crippen molar-refractivity contribution in [2.45, 2.75) is 25.4 Å². The molecule has 2 aromatic carbocycles. The van der Waals surface area contributed by atoms with Gasteiger partial charge in [0.05, 0.1) is 18.2 Å². The molecule has 2 aromatic heterocycles. The molecule has 10 nitrogen and oxygen atoms in total. The topological polar surface area (TPSA) is 132 Å². The van der Waals surface area contributed by atoms with Crippen molar-refractivity contribution in [2.75, 3.05) is 0 Å². The molecule has 0 amide bonds. The largest absolute Gasteiger partial charge is 0.481 e. The number of ether oxygens (including phenoxy) is 1. The van der Waals surface area contributed by atoms with Crippen LogP contribution in [0.25, 0.3) is 0 Å². The minimum absolute atomic E-state index is 0.0636.